The van der Waals surface area contributed by atoms with Crippen LogP contribution in [0.1, 0.15) is 6.42 Å². The summed E-state index contributed by atoms with van der Waals surface area (Å²) < 4.78 is 39.6. The van der Waals surface area contributed by atoms with E-state index in [1.54, 1.807) is 17.0 Å². The van der Waals surface area contributed by atoms with Gasteiger partial charge in [0.15, 0.2) is 0 Å². The minimum Gasteiger partial charge on any atom is -0.362 e. The van der Waals surface area contributed by atoms with Crippen molar-refractivity contribution in [3.63, 3.8) is 0 Å². The van der Waals surface area contributed by atoms with Gasteiger partial charge in [-0.25, -0.2) is 17.5 Å². The first-order valence-electron chi connectivity index (χ1n) is 9.39. The van der Waals surface area contributed by atoms with Gasteiger partial charge in [-0.2, -0.15) is 0 Å². The smallest absolute Gasteiger partial charge is 0.294 e. The third-order valence-corrected chi connectivity index (χ3v) is 6.57. The topological polar surface area (TPSA) is 113 Å². The minimum atomic E-state index is -3.83. The van der Waals surface area contributed by atoms with E-state index >= 15 is 0 Å². The van der Waals surface area contributed by atoms with Crippen LogP contribution in [0.4, 0.5) is 15.8 Å². The van der Waals surface area contributed by atoms with Crippen molar-refractivity contribution in [2.45, 2.75) is 11.3 Å². The van der Waals surface area contributed by atoms with Crippen LogP contribution < -0.4 is 9.62 Å². The van der Waals surface area contributed by atoms with Crippen molar-refractivity contribution in [1.29, 1.82) is 0 Å². The second-order valence-electron chi connectivity index (χ2n) is 6.86. The number of hydrogen-bond donors (Lipinski definition) is 1. The molecular weight excluding hydrogens is 451 g/mol. The minimum absolute atomic E-state index is 0.0402. The standard InChI is InChI=1S/C19H20ClFN4O5S/c20-14-1-6-17(18(13-14)25(27)28)23-9-11-24(12-10-23)19(26)7-8-22-31(29,30)16-4-2-15(21)3-5-16/h1-6,13,22H,7-12H2. The average Bonchev–Trinajstić information content (AvgIpc) is 2.74. The van der Waals surface area contributed by atoms with Crippen molar-refractivity contribution < 1.29 is 22.5 Å². The molecule has 31 heavy (non-hydrogen) atoms. The van der Waals surface area contributed by atoms with Crippen molar-refractivity contribution in [2.24, 2.45) is 0 Å². The van der Waals surface area contributed by atoms with Crippen molar-refractivity contribution in [2.75, 3.05) is 37.6 Å². The number of carbonyl (C=O) groups excluding carboxylic acids is 1. The SMILES string of the molecule is O=C(CCNS(=O)(=O)c1ccc(F)cc1)N1CCN(c2ccc(Cl)cc2[N+](=O)[O-])CC1. The van der Waals surface area contributed by atoms with E-state index in [2.05, 4.69) is 4.72 Å². The number of hydrogen-bond acceptors (Lipinski definition) is 6. The lowest BCUT2D eigenvalue weighted by molar-refractivity contribution is -0.384. The molecule has 0 saturated carbocycles. The number of nitro benzene ring substituents is 1. The van der Waals surface area contributed by atoms with Crippen molar-refractivity contribution >= 4 is 38.9 Å². The number of nitro groups is 1. The Morgan fingerprint density at radius 2 is 1.77 bits per heavy atom. The summed E-state index contributed by atoms with van der Waals surface area (Å²) >= 11 is 5.85. The first-order chi connectivity index (χ1) is 14.7. The summed E-state index contributed by atoms with van der Waals surface area (Å²) in [5.74, 6) is -0.774. The summed E-state index contributed by atoms with van der Waals surface area (Å²) in [6, 6.07) is 8.84. The third kappa shape index (κ3) is 5.69. The predicted molar refractivity (Wildman–Crippen MR) is 113 cm³/mol. The Bertz CT molecular complexity index is 1070. The number of nitrogens with zero attached hydrogens (tertiary/aromatic N) is 3. The Kier molecular flexibility index (Phi) is 7.08. The normalized spacial score (nSPS) is 14.5. The highest BCUT2D eigenvalue weighted by Crippen LogP contribution is 2.31. The molecule has 1 aliphatic rings. The number of amides is 1. The van der Waals surface area contributed by atoms with Gasteiger partial charge in [0.25, 0.3) is 5.69 Å². The molecule has 166 valence electrons. The Morgan fingerprint density at radius 3 is 2.39 bits per heavy atom. The van der Waals surface area contributed by atoms with Gasteiger partial charge in [-0.3, -0.25) is 14.9 Å². The first kappa shape index (κ1) is 22.9. The van der Waals surface area contributed by atoms with Crippen LogP contribution in [0.15, 0.2) is 47.4 Å². The van der Waals surface area contributed by atoms with Gasteiger partial charge in [-0.05, 0) is 36.4 Å². The van der Waals surface area contributed by atoms with Gasteiger partial charge in [-0.1, -0.05) is 11.6 Å². The molecule has 2 aromatic rings. The fourth-order valence-corrected chi connectivity index (χ4v) is 4.45. The van der Waals surface area contributed by atoms with Crippen molar-refractivity contribution in [3.8, 4) is 0 Å². The summed E-state index contributed by atoms with van der Waals surface area (Å²) in [6.07, 6.45) is -0.0402. The molecule has 1 N–H and O–H groups in total. The summed E-state index contributed by atoms with van der Waals surface area (Å²) in [7, 11) is -3.83. The van der Waals surface area contributed by atoms with E-state index in [0.29, 0.717) is 31.9 Å². The molecule has 1 saturated heterocycles. The molecule has 1 amide bonds. The maximum Gasteiger partial charge on any atom is 0.294 e. The molecule has 3 rings (SSSR count). The van der Waals surface area contributed by atoms with E-state index in [0.717, 1.165) is 24.3 Å². The number of halogens is 2. The van der Waals surface area contributed by atoms with Crippen LogP contribution in [-0.4, -0.2) is 56.9 Å². The lowest BCUT2D eigenvalue weighted by Gasteiger charge is -2.35. The van der Waals surface area contributed by atoms with Crippen LogP contribution in [-0.2, 0) is 14.8 Å². The van der Waals surface area contributed by atoms with Crippen LogP contribution in [0.3, 0.4) is 0 Å². The van der Waals surface area contributed by atoms with E-state index < -0.39 is 20.8 Å². The van der Waals surface area contributed by atoms with Gasteiger partial charge in [0.05, 0.1) is 9.82 Å². The Balaban J connectivity index is 1.52. The summed E-state index contributed by atoms with van der Waals surface area (Å²) in [5.41, 5.74) is 0.344. The lowest BCUT2D eigenvalue weighted by Crippen LogP contribution is -2.49. The van der Waals surface area contributed by atoms with Crippen LogP contribution >= 0.6 is 11.6 Å². The maximum atomic E-state index is 12.9. The van der Waals surface area contributed by atoms with E-state index in [9.17, 15) is 27.7 Å². The van der Waals surface area contributed by atoms with Gasteiger partial charge >= 0.3 is 0 Å². The van der Waals surface area contributed by atoms with Gasteiger partial charge in [0.2, 0.25) is 15.9 Å². The Morgan fingerprint density at radius 1 is 1.13 bits per heavy atom. The molecule has 12 heteroatoms. The number of carbonyl (C=O) groups is 1. The fraction of sp³-hybridized carbons (Fsp3) is 0.316. The molecule has 2 aromatic carbocycles. The van der Waals surface area contributed by atoms with E-state index in [-0.39, 0.29) is 34.5 Å². The number of nitrogens with one attached hydrogen (secondary N) is 1. The zero-order valence-electron chi connectivity index (χ0n) is 16.3. The Hall–Kier alpha value is -2.76. The highest BCUT2D eigenvalue weighted by Gasteiger charge is 2.26. The third-order valence-electron chi connectivity index (χ3n) is 4.86. The number of rotatable bonds is 7. The number of sulfonamides is 1. The first-order valence-corrected chi connectivity index (χ1v) is 11.3. The molecule has 9 nitrogen and oxygen atoms in total. The van der Waals surface area contributed by atoms with Crippen molar-refractivity contribution in [1.82, 2.24) is 9.62 Å². The molecule has 0 unspecified atom stereocenters. The second-order valence-corrected chi connectivity index (χ2v) is 9.06. The van der Waals surface area contributed by atoms with Crippen LogP contribution in [0.25, 0.3) is 0 Å². The monoisotopic (exact) mass is 470 g/mol. The molecule has 0 aliphatic carbocycles. The zero-order valence-corrected chi connectivity index (χ0v) is 17.9. The van der Waals surface area contributed by atoms with Gasteiger partial charge in [0.1, 0.15) is 11.5 Å². The highest BCUT2D eigenvalue weighted by molar-refractivity contribution is 7.89. The van der Waals surface area contributed by atoms with Gasteiger partial charge < -0.3 is 9.80 Å². The summed E-state index contributed by atoms with van der Waals surface area (Å²) in [4.78, 5) is 26.5. The number of benzene rings is 2. The Labute approximate surface area is 183 Å². The van der Waals surface area contributed by atoms with E-state index in [1.807, 2.05) is 4.90 Å². The molecule has 0 aromatic heterocycles. The molecule has 0 atom stereocenters. The molecule has 0 spiro atoms. The highest BCUT2D eigenvalue weighted by atomic mass is 35.5. The molecule has 1 aliphatic heterocycles. The lowest BCUT2D eigenvalue weighted by atomic mass is 10.2. The molecule has 0 radical (unpaired) electrons. The van der Waals surface area contributed by atoms with Crippen LogP contribution in [0.5, 0.6) is 0 Å². The molecule has 1 heterocycles. The van der Waals surface area contributed by atoms with E-state index in [4.69, 9.17) is 11.6 Å². The van der Waals surface area contributed by atoms with Crippen molar-refractivity contribution in [3.05, 3.63) is 63.4 Å². The zero-order chi connectivity index (χ0) is 22.6. The van der Waals surface area contributed by atoms with E-state index in [1.165, 1.54) is 6.07 Å². The summed E-state index contributed by atoms with van der Waals surface area (Å²) in [6.45, 7) is 1.40. The van der Waals surface area contributed by atoms with Crippen LogP contribution in [0, 0.1) is 15.9 Å². The number of piperazine rings is 1. The molecule has 0 bridgehead atoms. The maximum absolute atomic E-state index is 12.9. The summed E-state index contributed by atoms with van der Waals surface area (Å²) in [5, 5.41) is 11.6. The average molecular weight is 471 g/mol. The second kappa shape index (κ2) is 9.58. The van der Waals surface area contributed by atoms with Gasteiger partial charge in [-0.15, -0.1) is 0 Å². The molecule has 1 fully saturated rings. The quantitative estimate of drug-likeness (QED) is 0.491. The molecular formula is C19H20ClFN4O5S. The fourth-order valence-electron chi connectivity index (χ4n) is 3.25. The number of anilines is 1. The van der Waals surface area contributed by atoms with Crippen LogP contribution in [0.2, 0.25) is 5.02 Å². The van der Waals surface area contributed by atoms with Gasteiger partial charge in [0, 0.05) is 50.2 Å². The predicted octanol–water partition coefficient (Wildman–Crippen LogP) is 2.40. The largest absolute Gasteiger partial charge is 0.362 e.